The SMILES string of the molecule is Cc1cc(C)c2c(N)c(C(=O)OC(C)C(=O)Nc3ccc(S(N)(=O)=O)cc3)sc2n1. The number of hydrogen-bond acceptors (Lipinski definition) is 8. The normalized spacial score (nSPS) is 12.5. The summed E-state index contributed by atoms with van der Waals surface area (Å²) >= 11 is 1.11. The van der Waals surface area contributed by atoms with Gasteiger partial charge in [-0.3, -0.25) is 4.79 Å². The molecule has 3 aromatic rings. The van der Waals surface area contributed by atoms with Gasteiger partial charge in [0, 0.05) is 16.8 Å². The summed E-state index contributed by atoms with van der Waals surface area (Å²) < 4.78 is 27.8. The number of rotatable bonds is 5. The third kappa shape index (κ3) is 4.42. The van der Waals surface area contributed by atoms with E-state index in [0.717, 1.165) is 22.6 Å². The number of nitrogens with zero attached hydrogens (tertiary/aromatic N) is 1. The minimum absolute atomic E-state index is 0.0839. The van der Waals surface area contributed by atoms with Gasteiger partial charge in [0.25, 0.3) is 5.91 Å². The molecule has 0 aliphatic carbocycles. The number of carbonyl (C=O) groups excluding carboxylic acids is 2. The lowest BCUT2D eigenvalue weighted by molar-refractivity contribution is -0.123. The maximum Gasteiger partial charge on any atom is 0.351 e. The second kappa shape index (κ2) is 8.01. The molecule has 30 heavy (non-hydrogen) atoms. The minimum Gasteiger partial charge on any atom is -0.448 e. The number of amides is 1. The van der Waals surface area contributed by atoms with Crippen LogP contribution in [0.2, 0.25) is 0 Å². The lowest BCUT2D eigenvalue weighted by Crippen LogP contribution is -2.30. The summed E-state index contributed by atoms with van der Waals surface area (Å²) in [6.45, 7) is 5.15. The fourth-order valence-electron chi connectivity index (χ4n) is 2.86. The molecule has 1 atom stereocenters. The molecule has 0 radical (unpaired) electrons. The Morgan fingerprint density at radius 1 is 1.20 bits per heavy atom. The third-order valence-corrected chi connectivity index (χ3v) is 6.32. The Balaban J connectivity index is 1.72. The highest BCUT2D eigenvalue weighted by molar-refractivity contribution is 7.89. The quantitative estimate of drug-likeness (QED) is 0.506. The molecule has 0 saturated carbocycles. The number of sulfonamides is 1. The Labute approximate surface area is 177 Å². The Kier molecular flexibility index (Phi) is 5.79. The van der Waals surface area contributed by atoms with Crippen molar-refractivity contribution in [3.63, 3.8) is 0 Å². The zero-order valence-corrected chi connectivity index (χ0v) is 18.1. The summed E-state index contributed by atoms with van der Waals surface area (Å²) in [6, 6.07) is 7.16. The number of aryl methyl sites for hydroxylation is 2. The van der Waals surface area contributed by atoms with Gasteiger partial charge >= 0.3 is 5.97 Å². The van der Waals surface area contributed by atoms with E-state index < -0.39 is 28.0 Å². The van der Waals surface area contributed by atoms with Crippen LogP contribution in [0.15, 0.2) is 35.2 Å². The van der Waals surface area contributed by atoms with Crippen molar-refractivity contribution in [3.05, 3.63) is 46.5 Å². The lowest BCUT2D eigenvalue weighted by atomic mass is 10.1. The highest BCUT2D eigenvalue weighted by atomic mass is 32.2. The van der Waals surface area contributed by atoms with E-state index >= 15 is 0 Å². The number of nitrogens with two attached hydrogens (primary N) is 2. The van der Waals surface area contributed by atoms with Crippen molar-refractivity contribution in [3.8, 4) is 0 Å². The van der Waals surface area contributed by atoms with Gasteiger partial charge in [-0.1, -0.05) is 0 Å². The fourth-order valence-corrected chi connectivity index (χ4v) is 4.48. The van der Waals surface area contributed by atoms with Gasteiger partial charge in [0.05, 0.1) is 10.6 Å². The first-order valence-corrected chi connectivity index (χ1v) is 11.1. The van der Waals surface area contributed by atoms with Crippen molar-refractivity contribution in [1.82, 2.24) is 4.98 Å². The van der Waals surface area contributed by atoms with Crippen LogP contribution in [0.1, 0.15) is 27.9 Å². The molecule has 5 N–H and O–H groups in total. The third-order valence-electron chi connectivity index (χ3n) is 4.31. The molecule has 158 valence electrons. The van der Waals surface area contributed by atoms with E-state index in [4.69, 9.17) is 15.6 Å². The van der Waals surface area contributed by atoms with Crippen molar-refractivity contribution < 1.29 is 22.7 Å². The summed E-state index contributed by atoms with van der Waals surface area (Å²) in [5.41, 5.74) is 8.43. The summed E-state index contributed by atoms with van der Waals surface area (Å²) in [5, 5.41) is 8.28. The van der Waals surface area contributed by atoms with E-state index in [9.17, 15) is 18.0 Å². The average molecular weight is 449 g/mol. The second-order valence-electron chi connectivity index (χ2n) is 6.71. The molecule has 9 nitrogen and oxygen atoms in total. The van der Waals surface area contributed by atoms with E-state index in [2.05, 4.69) is 10.3 Å². The Morgan fingerprint density at radius 2 is 1.83 bits per heavy atom. The van der Waals surface area contributed by atoms with Crippen molar-refractivity contribution in [2.75, 3.05) is 11.1 Å². The van der Waals surface area contributed by atoms with Crippen LogP contribution in [0.25, 0.3) is 10.2 Å². The molecule has 1 aromatic carbocycles. The molecule has 0 fully saturated rings. The van der Waals surface area contributed by atoms with Gasteiger partial charge in [0.2, 0.25) is 10.0 Å². The predicted molar refractivity (Wildman–Crippen MR) is 115 cm³/mol. The van der Waals surface area contributed by atoms with E-state index in [1.165, 1.54) is 31.2 Å². The van der Waals surface area contributed by atoms with Crippen LogP contribution in [-0.2, 0) is 19.6 Å². The molecule has 3 rings (SSSR count). The van der Waals surface area contributed by atoms with E-state index in [1.54, 1.807) is 0 Å². The maximum absolute atomic E-state index is 12.6. The van der Waals surface area contributed by atoms with Crippen molar-refractivity contribution in [1.29, 1.82) is 0 Å². The van der Waals surface area contributed by atoms with Crippen LogP contribution in [0, 0.1) is 13.8 Å². The van der Waals surface area contributed by atoms with Crippen LogP contribution >= 0.6 is 11.3 Å². The summed E-state index contributed by atoms with van der Waals surface area (Å²) in [5.74, 6) is -1.31. The summed E-state index contributed by atoms with van der Waals surface area (Å²) in [7, 11) is -3.83. The van der Waals surface area contributed by atoms with Gasteiger partial charge in [0.1, 0.15) is 9.71 Å². The number of primary sulfonamides is 1. The van der Waals surface area contributed by atoms with Crippen LogP contribution < -0.4 is 16.2 Å². The van der Waals surface area contributed by atoms with Gasteiger partial charge in [-0.15, -0.1) is 11.3 Å². The van der Waals surface area contributed by atoms with Crippen molar-refractivity contribution >= 4 is 54.8 Å². The summed E-state index contributed by atoms with van der Waals surface area (Å²) in [6.07, 6.45) is -1.11. The van der Waals surface area contributed by atoms with Crippen LogP contribution in [0.3, 0.4) is 0 Å². The molecule has 0 bridgehead atoms. The number of carbonyl (C=O) groups is 2. The first-order valence-electron chi connectivity index (χ1n) is 8.78. The van der Waals surface area contributed by atoms with Crippen molar-refractivity contribution in [2.45, 2.75) is 31.8 Å². The molecule has 0 aliphatic rings. The summed E-state index contributed by atoms with van der Waals surface area (Å²) in [4.78, 5) is 30.0. The number of anilines is 2. The van der Waals surface area contributed by atoms with Gasteiger partial charge in [-0.2, -0.15) is 0 Å². The van der Waals surface area contributed by atoms with E-state index in [-0.39, 0.29) is 15.5 Å². The highest BCUT2D eigenvalue weighted by Crippen LogP contribution is 2.35. The number of pyridine rings is 1. The number of esters is 1. The zero-order valence-electron chi connectivity index (χ0n) is 16.4. The molecule has 0 aliphatic heterocycles. The highest BCUT2D eigenvalue weighted by Gasteiger charge is 2.24. The Bertz CT molecular complexity index is 1250. The van der Waals surface area contributed by atoms with Gasteiger partial charge in [-0.25, -0.2) is 23.3 Å². The average Bonchev–Trinajstić information content (AvgIpc) is 2.98. The molecule has 1 amide bonds. The Morgan fingerprint density at radius 3 is 2.43 bits per heavy atom. The number of thiophene rings is 1. The number of fused-ring (bicyclic) bond motifs is 1. The largest absolute Gasteiger partial charge is 0.448 e. The van der Waals surface area contributed by atoms with Gasteiger partial charge in [0.15, 0.2) is 6.10 Å². The predicted octanol–water partition coefficient (Wildman–Crippen LogP) is 2.33. The number of ether oxygens (including phenoxy) is 1. The smallest absolute Gasteiger partial charge is 0.351 e. The van der Waals surface area contributed by atoms with E-state index in [1.807, 2.05) is 19.9 Å². The van der Waals surface area contributed by atoms with Gasteiger partial charge < -0.3 is 15.8 Å². The monoisotopic (exact) mass is 448 g/mol. The van der Waals surface area contributed by atoms with E-state index in [0.29, 0.717) is 15.9 Å². The molecular formula is C19H20N4O5S2. The number of nitrogens with one attached hydrogen (secondary N) is 1. The second-order valence-corrected chi connectivity index (χ2v) is 9.27. The van der Waals surface area contributed by atoms with Crippen LogP contribution in [0.4, 0.5) is 11.4 Å². The first-order chi connectivity index (χ1) is 14.0. The fraction of sp³-hybridized carbons (Fsp3) is 0.211. The van der Waals surface area contributed by atoms with Gasteiger partial charge in [-0.05, 0) is 56.7 Å². The first kappa shape index (κ1) is 21.7. The number of benzene rings is 1. The van der Waals surface area contributed by atoms with Crippen molar-refractivity contribution in [2.24, 2.45) is 5.14 Å². The van der Waals surface area contributed by atoms with Crippen LogP contribution in [-0.4, -0.2) is 31.4 Å². The number of nitrogen functional groups attached to an aromatic ring is 1. The molecule has 0 saturated heterocycles. The minimum atomic E-state index is -3.83. The Hall–Kier alpha value is -3.02. The topological polar surface area (TPSA) is 154 Å². The lowest BCUT2D eigenvalue weighted by Gasteiger charge is -2.13. The zero-order chi connectivity index (χ0) is 22.2. The maximum atomic E-state index is 12.6. The van der Waals surface area contributed by atoms with Crippen LogP contribution in [0.5, 0.6) is 0 Å². The number of aromatic nitrogens is 1. The molecule has 11 heteroatoms. The molecule has 1 unspecified atom stereocenters. The molecule has 2 aromatic heterocycles. The number of hydrogen-bond donors (Lipinski definition) is 3. The standard InChI is InChI=1S/C19H20N4O5S2/c1-9-8-10(2)22-18-14(9)15(20)16(29-18)19(25)28-11(3)17(24)23-12-4-6-13(7-5-12)30(21,26)27/h4-8,11H,20H2,1-3H3,(H,23,24)(H2,21,26,27). The molecule has 0 spiro atoms. The molecule has 2 heterocycles. The molecular weight excluding hydrogens is 428 g/mol.